The summed E-state index contributed by atoms with van der Waals surface area (Å²) in [4.78, 5) is 24.4. The zero-order chi connectivity index (χ0) is 17.1. The van der Waals surface area contributed by atoms with Gasteiger partial charge in [-0.2, -0.15) is 5.10 Å². The highest BCUT2D eigenvalue weighted by Crippen LogP contribution is 2.23. The van der Waals surface area contributed by atoms with E-state index in [2.05, 4.69) is 16.5 Å². The van der Waals surface area contributed by atoms with Gasteiger partial charge in [-0.3, -0.25) is 14.3 Å². The molecule has 5 heteroatoms. The Bertz CT molecular complexity index is 777. The summed E-state index contributed by atoms with van der Waals surface area (Å²) in [5.41, 5.74) is 4.22. The molecule has 1 heterocycles. The zero-order valence-corrected chi connectivity index (χ0v) is 14.3. The maximum atomic E-state index is 12.4. The second-order valence-corrected chi connectivity index (χ2v) is 6.46. The first kappa shape index (κ1) is 16.4. The van der Waals surface area contributed by atoms with Gasteiger partial charge in [-0.05, 0) is 49.8 Å². The summed E-state index contributed by atoms with van der Waals surface area (Å²) in [5.74, 6) is 0.516. The van der Waals surface area contributed by atoms with Crippen molar-refractivity contribution in [1.29, 1.82) is 0 Å². The third-order valence-electron chi connectivity index (χ3n) is 4.52. The second-order valence-electron chi connectivity index (χ2n) is 6.46. The maximum Gasteiger partial charge on any atom is 0.225 e. The number of fused-ring (bicyclic) bond motifs is 1. The lowest BCUT2D eigenvalue weighted by atomic mass is 9.89. The monoisotopic (exact) mass is 325 g/mol. The van der Waals surface area contributed by atoms with Gasteiger partial charge in [0.2, 0.25) is 5.91 Å². The zero-order valence-electron chi connectivity index (χ0n) is 14.3. The Hall–Kier alpha value is -2.43. The first-order chi connectivity index (χ1) is 11.5. The Morgan fingerprint density at radius 1 is 1.12 bits per heavy atom. The van der Waals surface area contributed by atoms with Crippen LogP contribution in [0.2, 0.25) is 0 Å². The average Bonchev–Trinajstić information content (AvgIpc) is 2.89. The van der Waals surface area contributed by atoms with Gasteiger partial charge in [0.25, 0.3) is 0 Å². The summed E-state index contributed by atoms with van der Waals surface area (Å²) >= 11 is 0. The molecule has 24 heavy (non-hydrogen) atoms. The highest BCUT2D eigenvalue weighted by Gasteiger charge is 2.14. The minimum Gasteiger partial charge on any atom is -0.311 e. The number of benzene rings is 1. The van der Waals surface area contributed by atoms with Crippen molar-refractivity contribution in [2.45, 2.75) is 45.4 Å². The lowest BCUT2D eigenvalue weighted by molar-refractivity contribution is -0.116. The highest BCUT2D eigenvalue weighted by atomic mass is 16.2. The summed E-state index contributed by atoms with van der Waals surface area (Å²) in [6.07, 6.45) is 4.99. The minimum absolute atomic E-state index is 0.0275. The van der Waals surface area contributed by atoms with Crippen molar-refractivity contribution in [3.05, 3.63) is 46.6 Å². The molecule has 0 saturated carbocycles. The number of ketones is 1. The fourth-order valence-corrected chi connectivity index (χ4v) is 3.21. The molecule has 1 aliphatic rings. The summed E-state index contributed by atoms with van der Waals surface area (Å²) in [6.45, 7) is 1.87. The van der Waals surface area contributed by atoms with Gasteiger partial charge >= 0.3 is 0 Å². The number of hydrogen-bond acceptors (Lipinski definition) is 3. The predicted octanol–water partition coefficient (Wildman–Crippen LogP) is 3.21. The van der Waals surface area contributed by atoms with Crippen molar-refractivity contribution in [2.75, 3.05) is 5.32 Å². The van der Waals surface area contributed by atoms with E-state index in [-0.39, 0.29) is 24.5 Å². The van der Waals surface area contributed by atoms with Crippen LogP contribution in [0.4, 0.5) is 5.82 Å². The van der Waals surface area contributed by atoms with E-state index in [4.69, 9.17) is 0 Å². The fraction of sp³-hybridized carbons (Fsp3) is 0.421. The fourth-order valence-electron chi connectivity index (χ4n) is 3.21. The molecule has 0 saturated heterocycles. The van der Waals surface area contributed by atoms with Gasteiger partial charge in [0.15, 0.2) is 5.78 Å². The Morgan fingerprint density at radius 2 is 1.88 bits per heavy atom. The number of carbonyl (C=O) groups is 2. The first-order valence-corrected chi connectivity index (χ1v) is 8.48. The predicted molar refractivity (Wildman–Crippen MR) is 93.2 cm³/mol. The van der Waals surface area contributed by atoms with Gasteiger partial charge in [0.1, 0.15) is 5.82 Å². The van der Waals surface area contributed by atoms with Gasteiger partial charge in [-0.15, -0.1) is 0 Å². The molecular weight excluding hydrogens is 302 g/mol. The van der Waals surface area contributed by atoms with Crippen LogP contribution in [0.3, 0.4) is 0 Å². The maximum absolute atomic E-state index is 12.4. The molecule has 0 atom stereocenters. The van der Waals surface area contributed by atoms with E-state index in [0.29, 0.717) is 5.82 Å². The topological polar surface area (TPSA) is 64.0 Å². The molecule has 1 aromatic carbocycles. The van der Waals surface area contributed by atoms with Crippen LogP contribution in [0, 0.1) is 6.92 Å². The number of amides is 1. The van der Waals surface area contributed by atoms with Crippen molar-refractivity contribution >= 4 is 17.5 Å². The van der Waals surface area contributed by atoms with Crippen LogP contribution >= 0.6 is 0 Å². The third-order valence-corrected chi connectivity index (χ3v) is 4.52. The molecule has 126 valence electrons. The van der Waals surface area contributed by atoms with Gasteiger partial charge < -0.3 is 5.32 Å². The molecule has 2 aromatic rings. The summed E-state index contributed by atoms with van der Waals surface area (Å²) in [5, 5.41) is 6.98. The SMILES string of the molecule is Cc1cc(NC(=O)CCC(=O)c2ccc3c(c2)CCCC3)n(C)n1. The molecule has 0 radical (unpaired) electrons. The molecule has 0 bridgehead atoms. The van der Waals surface area contributed by atoms with Crippen LogP contribution in [0.1, 0.15) is 52.9 Å². The molecule has 1 N–H and O–H groups in total. The van der Waals surface area contributed by atoms with Crippen molar-refractivity contribution in [3.8, 4) is 0 Å². The van der Waals surface area contributed by atoms with Crippen LogP contribution in [0.15, 0.2) is 24.3 Å². The van der Waals surface area contributed by atoms with Gasteiger partial charge in [0.05, 0.1) is 5.69 Å². The van der Waals surface area contributed by atoms with Gasteiger partial charge in [0, 0.05) is 31.5 Å². The first-order valence-electron chi connectivity index (χ1n) is 8.48. The van der Waals surface area contributed by atoms with Crippen LogP contribution < -0.4 is 5.32 Å². The van der Waals surface area contributed by atoms with E-state index in [9.17, 15) is 9.59 Å². The van der Waals surface area contributed by atoms with E-state index in [0.717, 1.165) is 24.1 Å². The van der Waals surface area contributed by atoms with E-state index in [1.807, 2.05) is 25.1 Å². The number of rotatable bonds is 5. The molecule has 1 aliphatic carbocycles. The number of carbonyl (C=O) groups excluding carboxylic acids is 2. The van der Waals surface area contributed by atoms with Crippen LogP contribution in [-0.4, -0.2) is 21.5 Å². The molecule has 0 fully saturated rings. The number of nitrogens with one attached hydrogen (secondary N) is 1. The standard InChI is InChI=1S/C19H23N3O2/c1-13-11-18(22(2)21-13)20-19(24)10-9-17(23)16-8-7-14-5-3-4-6-15(14)12-16/h7-8,11-12H,3-6,9-10H2,1-2H3,(H,20,24). The van der Waals surface area contributed by atoms with E-state index < -0.39 is 0 Å². The Balaban J connectivity index is 1.57. The quantitative estimate of drug-likeness (QED) is 0.859. The number of aromatic nitrogens is 2. The third kappa shape index (κ3) is 3.72. The molecule has 0 spiro atoms. The van der Waals surface area contributed by atoms with Crippen molar-refractivity contribution in [3.63, 3.8) is 0 Å². The number of nitrogens with zero attached hydrogens (tertiary/aromatic N) is 2. The van der Waals surface area contributed by atoms with Crippen LogP contribution in [-0.2, 0) is 24.7 Å². The molecule has 0 aliphatic heterocycles. The highest BCUT2D eigenvalue weighted by molar-refractivity contribution is 6.00. The van der Waals surface area contributed by atoms with Crippen molar-refractivity contribution < 1.29 is 9.59 Å². The summed E-state index contributed by atoms with van der Waals surface area (Å²) in [7, 11) is 1.78. The van der Waals surface area contributed by atoms with Gasteiger partial charge in [-0.1, -0.05) is 12.1 Å². The van der Waals surface area contributed by atoms with E-state index >= 15 is 0 Å². The summed E-state index contributed by atoms with van der Waals surface area (Å²) in [6, 6.07) is 7.79. The second kappa shape index (κ2) is 6.99. The average molecular weight is 325 g/mol. The molecule has 0 unspecified atom stereocenters. The lowest BCUT2D eigenvalue weighted by Gasteiger charge is -2.16. The van der Waals surface area contributed by atoms with Crippen molar-refractivity contribution in [1.82, 2.24) is 9.78 Å². The lowest BCUT2D eigenvalue weighted by Crippen LogP contribution is -2.16. The minimum atomic E-state index is -0.163. The molecular formula is C19H23N3O2. The number of anilines is 1. The van der Waals surface area contributed by atoms with E-state index in [1.54, 1.807) is 11.7 Å². The van der Waals surface area contributed by atoms with Gasteiger partial charge in [-0.25, -0.2) is 0 Å². The van der Waals surface area contributed by atoms with Crippen LogP contribution in [0.25, 0.3) is 0 Å². The Labute approximate surface area is 142 Å². The number of aryl methyl sites for hydroxylation is 4. The van der Waals surface area contributed by atoms with Crippen molar-refractivity contribution in [2.24, 2.45) is 7.05 Å². The summed E-state index contributed by atoms with van der Waals surface area (Å²) < 4.78 is 1.62. The normalized spacial score (nSPS) is 13.4. The smallest absolute Gasteiger partial charge is 0.225 e. The molecule has 1 amide bonds. The van der Waals surface area contributed by atoms with E-state index in [1.165, 1.54) is 24.0 Å². The number of hydrogen-bond donors (Lipinski definition) is 1. The Kier molecular flexibility index (Phi) is 4.79. The molecule has 3 rings (SSSR count). The number of Topliss-reactive ketones (excluding diaryl/α,β-unsaturated/α-hetero) is 1. The molecule has 5 nitrogen and oxygen atoms in total. The largest absolute Gasteiger partial charge is 0.311 e. The van der Waals surface area contributed by atoms with Crippen LogP contribution in [0.5, 0.6) is 0 Å². The Morgan fingerprint density at radius 3 is 2.58 bits per heavy atom. The molecule has 1 aromatic heterocycles.